The Balaban J connectivity index is 5.47. The molecule has 0 aromatic rings. The molecule has 0 bridgehead atoms. The number of hydrogen-bond acceptors (Lipinski definition) is 10. The molecule has 0 spiro atoms. The molecule has 0 heterocycles. The molecule has 3 atom stereocenters. The van der Waals surface area contributed by atoms with Gasteiger partial charge in [-0.05, 0) is 59.3 Å². The summed E-state index contributed by atoms with van der Waals surface area (Å²) in [6.07, 6.45) is 1.87. The normalized spacial score (nSPS) is 14.9. The van der Waals surface area contributed by atoms with Gasteiger partial charge in [-0.3, -0.25) is 0 Å². The Morgan fingerprint density at radius 2 is 0.816 bits per heavy atom. The summed E-state index contributed by atoms with van der Waals surface area (Å²) in [7, 11) is -4.63. The second-order valence-electron chi connectivity index (χ2n) is 8.80. The zero-order valence-corrected chi connectivity index (χ0v) is 24.6. The minimum absolute atomic E-state index is 0.222. The van der Waals surface area contributed by atoms with Crippen LogP contribution in [0.4, 0.5) is 0 Å². The number of rotatable bonds is 21. The van der Waals surface area contributed by atoms with Crippen LogP contribution in [-0.2, 0) is 46.7 Å². The van der Waals surface area contributed by atoms with E-state index < -0.39 is 44.6 Å². The summed E-state index contributed by atoms with van der Waals surface area (Å²) in [5, 5.41) is 0. The molecule has 0 radical (unpaired) electrons. The van der Waals surface area contributed by atoms with Gasteiger partial charge in [-0.2, -0.15) is 0 Å². The van der Waals surface area contributed by atoms with Gasteiger partial charge in [-0.1, -0.05) is 59.8 Å². The maximum absolute atomic E-state index is 13.5. The van der Waals surface area contributed by atoms with Gasteiger partial charge in [-0.25, -0.2) is 32.5 Å². The highest BCUT2D eigenvalue weighted by Crippen LogP contribution is 2.53. The van der Waals surface area contributed by atoms with Gasteiger partial charge in [0.05, 0.1) is 0 Å². The molecular weight excluding hydrogens is 515 g/mol. The van der Waals surface area contributed by atoms with Gasteiger partial charge in [0.2, 0.25) is 18.9 Å². The Labute approximate surface area is 227 Å². The molecule has 0 rings (SSSR count). The summed E-state index contributed by atoms with van der Waals surface area (Å²) < 4.78 is 44.9. The number of esters is 3. The van der Waals surface area contributed by atoms with E-state index in [9.17, 15) is 18.9 Å². The third-order valence-electron chi connectivity index (χ3n) is 5.01. The summed E-state index contributed by atoms with van der Waals surface area (Å²) in [4.78, 5) is 36.8. The third kappa shape index (κ3) is 15.2. The maximum Gasteiger partial charge on any atom is 0.484 e. The molecule has 218 valence electrons. The SMILES string of the molecule is C=C(CCCC)C(=O)OC(C)OP(=O)(OC(C)OC(=O)C(=C)CCCC)OC(C)OC(=O)C(=C)CCCC. The van der Waals surface area contributed by atoms with Crippen LogP contribution < -0.4 is 0 Å². The largest absolute Gasteiger partial charge is 0.484 e. The molecule has 0 aromatic heterocycles. The Bertz CT molecular complexity index is 757. The molecule has 0 saturated heterocycles. The quantitative estimate of drug-likeness (QED) is 0.0474. The fourth-order valence-corrected chi connectivity index (χ4v) is 4.23. The van der Waals surface area contributed by atoms with Crippen LogP contribution in [0.2, 0.25) is 0 Å². The first kappa shape index (κ1) is 35.7. The van der Waals surface area contributed by atoms with Crippen LogP contribution in [0.1, 0.15) is 99.3 Å². The molecular formula is C27H45O10P. The lowest BCUT2D eigenvalue weighted by atomic mass is 10.1. The molecule has 0 N–H and O–H groups in total. The predicted octanol–water partition coefficient (Wildman–Crippen LogP) is 7.05. The minimum atomic E-state index is -4.63. The van der Waals surface area contributed by atoms with Crippen molar-refractivity contribution in [1.29, 1.82) is 0 Å². The van der Waals surface area contributed by atoms with Crippen molar-refractivity contribution < 1.29 is 46.7 Å². The fraction of sp³-hybridized carbons (Fsp3) is 0.667. The molecule has 0 aliphatic heterocycles. The van der Waals surface area contributed by atoms with E-state index >= 15 is 0 Å². The molecule has 0 saturated carbocycles. The lowest BCUT2D eigenvalue weighted by Crippen LogP contribution is -2.25. The van der Waals surface area contributed by atoms with E-state index in [1.54, 1.807) is 0 Å². The van der Waals surface area contributed by atoms with Crippen LogP contribution in [0.3, 0.4) is 0 Å². The van der Waals surface area contributed by atoms with Crippen LogP contribution in [0.15, 0.2) is 36.5 Å². The van der Waals surface area contributed by atoms with Crippen LogP contribution in [-0.4, -0.2) is 36.8 Å². The van der Waals surface area contributed by atoms with Gasteiger partial charge < -0.3 is 14.2 Å². The van der Waals surface area contributed by atoms with Crippen LogP contribution >= 0.6 is 7.82 Å². The molecule has 3 unspecified atom stereocenters. The van der Waals surface area contributed by atoms with Gasteiger partial charge >= 0.3 is 25.7 Å². The van der Waals surface area contributed by atoms with E-state index in [0.29, 0.717) is 19.3 Å². The van der Waals surface area contributed by atoms with E-state index in [2.05, 4.69) is 19.7 Å². The van der Waals surface area contributed by atoms with Crippen LogP contribution in [0.5, 0.6) is 0 Å². The Kier molecular flexibility index (Phi) is 17.8. The average molecular weight is 561 g/mol. The van der Waals surface area contributed by atoms with Gasteiger partial charge in [0.1, 0.15) is 0 Å². The van der Waals surface area contributed by atoms with Crippen molar-refractivity contribution in [2.75, 3.05) is 0 Å². The smallest absolute Gasteiger partial charge is 0.432 e. The molecule has 10 nitrogen and oxygen atoms in total. The Morgan fingerprint density at radius 3 is 1.03 bits per heavy atom. The van der Waals surface area contributed by atoms with E-state index in [-0.39, 0.29) is 16.7 Å². The molecule has 38 heavy (non-hydrogen) atoms. The van der Waals surface area contributed by atoms with Crippen LogP contribution in [0.25, 0.3) is 0 Å². The Hall–Kier alpha value is -2.26. The standard InChI is InChI=1S/C27H45O10P/c1-10-13-16-19(4)25(28)32-22(7)35-38(31,36-23(8)33-26(29)20(5)17-14-11-2)37-24(9)34-27(30)21(6)18-15-12-3/h22-24H,4-6,10-18H2,1-3,7-9H3. The average Bonchev–Trinajstić information content (AvgIpc) is 2.82. The fourth-order valence-electron chi connectivity index (χ4n) is 2.86. The molecule has 0 amide bonds. The predicted molar refractivity (Wildman–Crippen MR) is 144 cm³/mol. The highest BCUT2D eigenvalue weighted by molar-refractivity contribution is 7.48. The summed E-state index contributed by atoms with van der Waals surface area (Å²) in [6.45, 7) is 20.9. The van der Waals surface area contributed by atoms with Crippen LogP contribution in [0, 0.1) is 0 Å². The lowest BCUT2D eigenvalue weighted by Gasteiger charge is -2.26. The molecule has 0 aliphatic carbocycles. The van der Waals surface area contributed by atoms with Crippen molar-refractivity contribution in [1.82, 2.24) is 0 Å². The highest BCUT2D eigenvalue weighted by Gasteiger charge is 2.37. The molecule has 0 aromatic carbocycles. The monoisotopic (exact) mass is 560 g/mol. The number of hydrogen-bond donors (Lipinski definition) is 0. The zero-order valence-electron chi connectivity index (χ0n) is 23.7. The van der Waals surface area contributed by atoms with Crippen molar-refractivity contribution in [3.63, 3.8) is 0 Å². The molecule has 0 fully saturated rings. The van der Waals surface area contributed by atoms with Gasteiger partial charge in [-0.15, -0.1) is 0 Å². The topological polar surface area (TPSA) is 124 Å². The number of carbonyl (C=O) groups is 3. The van der Waals surface area contributed by atoms with E-state index in [0.717, 1.165) is 38.5 Å². The lowest BCUT2D eigenvalue weighted by molar-refractivity contribution is -0.174. The highest BCUT2D eigenvalue weighted by atomic mass is 31.2. The van der Waals surface area contributed by atoms with Gasteiger partial charge in [0.15, 0.2) is 0 Å². The summed E-state index contributed by atoms with van der Waals surface area (Å²) in [5.41, 5.74) is 0.666. The van der Waals surface area contributed by atoms with E-state index in [1.807, 2.05) is 20.8 Å². The number of phosphoric acid groups is 1. The van der Waals surface area contributed by atoms with Gasteiger partial charge in [0.25, 0.3) is 0 Å². The number of ether oxygens (including phenoxy) is 3. The second-order valence-corrected chi connectivity index (χ2v) is 10.3. The first-order valence-corrected chi connectivity index (χ1v) is 14.6. The van der Waals surface area contributed by atoms with E-state index in [4.69, 9.17) is 27.8 Å². The molecule has 0 aliphatic rings. The summed E-state index contributed by atoms with van der Waals surface area (Å²) >= 11 is 0. The van der Waals surface area contributed by atoms with Crippen molar-refractivity contribution in [3.05, 3.63) is 36.5 Å². The van der Waals surface area contributed by atoms with Crippen molar-refractivity contribution >= 4 is 25.7 Å². The first-order valence-electron chi connectivity index (χ1n) is 13.1. The number of unbranched alkanes of at least 4 members (excludes halogenated alkanes) is 3. The molecule has 11 heteroatoms. The summed E-state index contributed by atoms with van der Waals surface area (Å²) in [5.74, 6) is -2.22. The van der Waals surface area contributed by atoms with Crippen molar-refractivity contribution in [2.24, 2.45) is 0 Å². The van der Waals surface area contributed by atoms with Crippen molar-refractivity contribution in [3.8, 4) is 0 Å². The summed E-state index contributed by atoms with van der Waals surface area (Å²) in [6, 6.07) is 0. The first-order chi connectivity index (χ1) is 17.8. The zero-order chi connectivity index (χ0) is 29.3. The number of phosphoric ester groups is 1. The minimum Gasteiger partial charge on any atom is -0.432 e. The van der Waals surface area contributed by atoms with Crippen molar-refractivity contribution in [2.45, 2.75) is 118 Å². The third-order valence-corrected chi connectivity index (χ3v) is 6.68. The Morgan fingerprint density at radius 1 is 0.579 bits per heavy atom. The number of carbonyl (C=O) groups excluding carboxylic acids is 3. The van der Waals surface area contributed by atoms with E-state index in [1.165, 1.54) is 20.8 Å². The van der Waals surface area contributed by atoms with Gasteiger partial charge in [0, 0.05) is 16.7 Å². The maximum atomic E-state index is 13.5. The second kappa shape index (κ2) is 18.9.